The van der Waals surface area contributed by atoms with Crippen molar-refractivity contribution < 1.29 is 9.53 Å². The Morgan fingerprint density at radius 3 is 2.82 bits per heavy atom. The molecule has 0 spiro atoms. The van der Waals surface area contributed by atoms with E-state index in [1.165, 1.54) is 18.4 Å². The number of hydrogen-bond donors (Lipinski definition) is 0. The van der Waals surface area contributed by atoms with Gasteiger partial charge in [0.25, 0.3) is 0 Å². The minimum absolute atomic E-state index is 0.372. The molecule has 0 atom stereocenters. The number of nitrogens with zero attached hydrogens (tertiary/aromatic N) is 2. The predicted molar refractivity (Wildman–Crippen MR) is 67.6 cm³/mol. The van der Waals surface area contributed by atoms with Crippen LogP contribution in [0.15, 0.2) is 12.3 Å². The average Bonchev–Trinajstić information content (AvgIpc) is 2.82. The van der Waals surface area contributed by atoms with Gasteiger partial charge in [-0.1, -0.05) is 11.6 Å². The summed E-state index contributed by atoms with van der Waals surface area (Å²) < 4.78 is 6.98. The van der Waals surface area contributed by atoms with E-state index in [4.69, 9.17) is 11.6 Å². The van der Waals surface area contributed by atoms with Gasteiger partial charge in [-0.25, -0.2) is 4.79 Å². The van der Waals surface area contributed by atoms with Gasteiger partial charge < -0.3 is 4.74 Å². The van der Waals surface area contributed by atoms with E-state index in [0.29, 0.717) is 9.21 Å². The van der Waals surface area contributed by atoms with Crippen LogP contribution in [0.25, 0.3) is 11.3 Å². The molecule has 0 saturated heterocycles. The molecule has 0 amide bonds. The number of methoxy groups -OCH3 is 1. The van der Waals surface area contributed by atoms with Crippen molar-refractivity contribution in [3.8, 4) is 11.3 Å². The van der Waals surface area contributed by atoms with Gasteiger partial charge in [-0.15, -0.1) is 11.3 Å². The van der Waals surface area contributed by atoms with Crippen molar-refractivity contribution in [2.75, 3.05) is 7.11 Å². The summed E-state index contributed by atoms with van der Waals surface area (Å²) in [6, 6.07) is 1.74. The Hall–Kier alpha value is -1.33. The maximum Gasteiger partial charge on any atom is 0.348 e. The largest absolute Gasteiger partial charge is 0.465 e. The molecule has 2 rings (SSSR count). The molecule has 2 aromatic heterocycles. The van der Waals surface area contributed by atoms with E-state index in [2.05, 4.69) is 9.84 Å². The van der Waals surface area contributed by atoms with Gasteiger partial charge in [0.05, 0.1) is 19.0 Å². The first-order valence-corrected chi connectivity index (χ1v) is 6.10. The van der Waals surface area contributed by atoms with Gasteiger partial charge in [0.15, 0.2) is 0 Å². The lowest BCUT2D eigenvalue weighted by Gasteiger charge is -2.01. The first-order valence-electron chi connectivity index (χ1n) is 4.91. The number of carbonyl (C=O) groups excluding carboxylic acids is 1. The Morgan fingerprint density at radius 1 is 1.59 bits per heavy atom. The second-order valence-electron chi connectivity index (χ2n) is 3.59. The summed E-state index contributed by atoms with van der Waals surface area (Å²) in [6.45, 7) is 1.95. The highest BCUT2D eigenvalue weighted by Gasteiger charge is 2.18. The van der Waals surface area contributed by atoms with Crippen molar-refractivity contribution in [2.45, 2.75) is 6.92 Å². The number of halogens is 1. The molecule has 0 aliphatic heterocycles. The third-order valence-electron chi connectivity index (χ3n) is 2.45. The SMILES string of the molecule is COC(=O)c1cc(-c2c(C)cnn2C)c(Cl)s1. The fraction of sp³-hybridized carbons (Fsp3) is 0.273. The third kappa shape index (κ3) is 2.08. The summed E-state index contributed by atoms with van der Waals surface area (Å²) in [5, 5.41) is 4.15. The number of ether oxygens (including phenoxy) is 1. The van der Waals surface area contributed by atoms with Crippen molar-refractivity contribution in [1.29, 1.82) is 0 Å². The number of aromatic nitrogens is 2. The van der Waals surface area contributed by atoms with E-state index in [1.807, 2.05) is 14.0 Å². The Kier molecular flexibility index (Phi) is 3.22. The van der Waals surface area contributed by atoms with Crippen LogP contribution in [-0.2, 0) is 11.8 Å². The molecule has 0 unspecified atom stereocenters. The summed E-state index contributed by atoms with van der Waals surface area (Å²) in [5.74, 6) is -0.372. The first-order chi connectivity index (χ1) is 8.04. The van der Waals surface area contributed by atoms with Gasteiger partial charge in [0, 0.05) is 12.6 Å². The molecule has 0 N–H and O–H groups in total. The zero-order chi connectivity index (χ0) is 12.6. The van der Waals surface area contributed by atoms with E-state index < -0.39 is 0 Å². The zero-order valence-corrected chi connectivity index (χ0v) is 11.2. The van der Waals surface area contributed by atoms with Gasteiger partial charge >= 0.3 is 5.97 Å². The van der Waals surface area contributed by atoms with Crippen LogP contribution in [0.4, 0.5) is 0 Å². The van der Waals surface area contributed by atoms with Crippen molar-refractivity contribution in [1.82, 2.24) is 9.78 Å². The number of hydrogen-bond acceptors (Lipinski definition) is 4. The Balaban J connectivity index is 2.54. The van der Waals surface area contributed by atoms with Gasteiger partial charge in [-0.05, 0) is 18.6 Å². The fourth-order valence-electron chi connectivity index (χ4n) is 1.67. The molecule has 2 heterocycles. The van der Waals surface area contributed by atoms with Crippen molar-refractivity contribution in [2.24, 2.45) is 7.05 Å². The van der Waals surface area contributed by atoms with Crippen LogP contribution in [-0.4, -0.2) is 22.9 Å². The fourth-order valence-corrected chi connectivity index (χ4v) is 2.86. The lowest BCUT2D eigenvalue weighted by Crippen LogP contribution is -1.97. The smallest absolute Gasteiger partial charge is 0.348 e. The molecule has 0 aromatic carbocycles. The molecule has 0 fully saturated rings. The average molecular weight is 271 g/mol. The normalized spacial score (nSPS) is 10.6. The Bertz CT molecular complexity index is 555. The molecular weight excluding hydrogens is 260 g/mol. The minimum atomic E-state index is -0.372. The Morgan fingerprint density at radius 2 is 2.29 bits per heavy atom. The lowest BCUT2D eigenvalue weighted by atomic mass is 10.1. The number of carbonyl (C=O) groups is 1. The number of thiophene rings is 1. The predicted octanol–water partition coefficient (Wildman–Crippen LogP) is 2.90. The lowest BCUT2D eigenvalue weighted by molar-refractivity contribution is 0.0606. The number of aryl methyl sites for hydroxylation is 2. The van der Waals surface area contributed by atoms with Crippen LogP contribution in [0.3, 0.4) is 0 Å². The highest BCUT2D eigenvalue weighted by molar-refractivity contribution is 7.18. The molecule has 90 valence electrons. The van der Waals surface area contributed by atoms with E-state index in [0.717, 1.165) is 16.8 Å². The van der Waals surface area contributed by atoms with Gasteiger partial charge in [-0.3, -0.25) is 4.68 Å². The van der Waals surface area contributed by atoms with E-state index in [-0.39, 0.29) is 5.97 Å². The third-order valence-corrected chi connectivity index (χ3v) is 3.79. The highest BCUT2D eigenvalue weighted by Crippen LogP contribution is 2.37. The molecule has 0 aliphatic carbocycles. The Labute approximate surface area is 108 Å². The van der Waals surface area contributed by atoms with Crippen LogP contribution in [0.5, 0.6) is 0 Å². The van der Waals surface area contributed by atoms with Crippen LogP contribution in [0.1, 0.15) is 15.2 Å². The molecule has 0 saturated carbocycles. The van der Waals surface area contributed by atoms with Crippen LogP contribution >= 0.6 is 22.9 Å². The molecule has 17 heavy (non-hydrogen) atoms. The first kappa shape index (κ1) is 12.1. The standard InChI is InChI=1S/C11H11ClN2O2S/c1-6-5-13-14(2)9(6)7-4-8(11(15)16-3)17-10(7)12/h4-5H,1-3H3. The molecule has 0 radical (unpaired) electrons. The molecule has 6 heteroatoms. The van der Waals surface area contributed by atoms with Gasteiger partial charge in [0.2, 0.25) is 0 Å². The van der Waals surface area contributed by atoms with E-state index in [9.17, 15) is 4.79 Å². The molecular formula is C11H11ClN2O2S. The molecule has 2 aromatic rings. The second kappa shape index (κ2) is 4.50. The van der Waals surface area contributed by atoms with Gasteiger partial charge in [0.1, 0.15) is 9.21 Å². The van der Waals surface area contributed by atoms with Crippen molar-refractivity contribution >= 4 is 28.9 Å². The molecule has 0 bridgehead atoms. The van der Waals surface area contributed by atoms with Gasteiger partial charge in [-0.2, -0.15) is 5.10 Å². The van der Waals surface area contributed by atoms with E-state index in [1.54, 1.807) is 16.9 Å². The van der Waals surface area contributed by atoms with Crippen molar-refractivity contribution in [3.05, 3.63) is 27.0 Å². The van der Waals surface area contributed by atoms with Crippen LogP contribution in [0, 0.1) is 6.92 Å². The minimum Gasteiger partial charge on any atom is -0.465 e. The van der Waals surface area contributed by atoms with E-state index >= 15 is 0 Å². The molecule has 0 aliphatic rings. The highest BCUT2D eigenvalue weighted by atomic mass is 35.5. The maximum absolute atomic E-state index is 11.4. The van der Waals surface area contributed by atoms with Crippen LogP contribution < -0.4 is 0 Å². The summed E-state index contributed by atoms with van der Waals surface area (Å²) in [6.07, 6.45) is 1.77. The molecule has 4 nitrogen and oxygen atoms in total. The summed E-state index contributed by atoms with van der Waals surface area (Å²) >= 11 is 7.36. The zero-order valence-electron chi connectivity index (χ0n) is 9.65. The number of rotatable bonds is 2. The van der Waals surface area contributed by atoms with Crippen LogP contribution in [0.2, 0.25) is 4.34 Å². The summed E-state index contributed by atoms with van der Waals surface area (Å²) in [7, 11) is 3.19. The quantitative estimate of drug-likeness (QED) is 0.788. The second-order valence-corrected chi connectivity index (χ2v) is 5.24. The summed E-state index contributed by atoms with van der Waals surface area (Å²) in [4.78, 5) is 11.9. The van der Waals surface area contributed by atoms with Crippen molar-refractivity contribution in [3.63, 3.8) is 0 Å². The monoisotopic (exact) mass is 270 g/mol. The maximum atomic E-state index is 11.4. The number of esters is 1. The topological polar surface area (TPSA) is 44.1 Å². The summed E-state index contributed by atoms with van der Waals surface area (Å²) in [5.41, 5.74) is 2.75.